The number of halogens is 1. The SMILES string of the molecule is COc1ccccc1NC(=O)c1ccc(NC(=O)COC(=O)CCNC(=O)c2ccccc2Cl)cc1. The Morgan fingerprint density at radius 1 is 0.833 bits per heavy atom. The van der Waals surface area contributed by atoms with Crippen LogP contribution in [0.5, 0.6) is 5.75 Å². The Bertz CT molecular complexity index is 1250. The van der Waals surface area contributed by atoms with E-state index in [9.17, 15) is 19.2 Å². The van der Waals surface area contributed by atoms with E-state index in [0.717, 1.165) is 0 Å². The van der Waals surface area contributed by atoms with E-state index in [1.807, 2.05) is 0 Å². The second-order valence-corrected chi connectivity index (χ2v) is 7.83. The number of hydrogen-bond donors (Lipinski definition) is 3. The maximum atomic E-state index is 12.5. The number of ether oxygens (including phenoxy) is 2. The Morgan fingerprint density at radius 3 is 2.25 bits per heavy atom. The molecule has 0 saturated carbocycles. The Hall–Kier alpha value is -4.37. The Kier molecular flexibility index (Phi) is 9.41. The summed E-state index contributed by atoms with van der Waals surface area (Å²) in [6.07, 6.45) is -0.112. The van der Waals surface area contributed by atoms with Crippen LogP contribution in [0.3, 0.4) is 0 Å². The number of esters is 1. The van der Waals surface area contributed by atoms with Crippen LogP contribution in [-0.2, 0) is 14.3 Å². The van der Waals surface area contributed by atoms with E-state index in [-0.39, 0.29) is 18.9 Å². The summed E-state index contributed by atoms with van der Waals surface area (Å²) < 4.78 is 10.2. The van der Waals surface area contributed by atoms with Crippen LogP contribution in [0, 0.1) is 0 Å². The average Bonchev–Trinajstić information content (AvgIpc) is 2.88. The summed E-state index contributed by atoms with van der Waals surface area (Å²) in [5.41, 5.74) is 1.64. The summed E-state index contributed by atoms with van der Waals surface area (Å²) in [5, 5.41) is 8.22. The summed E-state index contributed by atoms with van der Waals surface area (Å²) in [6, 6.07) is 19.8. The number of rotatable bonds is 10. The van der Waals surface area contributed by atoms with Crippen molar-refractivity contribution < 1.29 is 28.7 Å². The van der Waals surface area contributed by atoms with E-state index >= 15 is 0 Å². The van der Waals surface area contributed by atoms with Gasteiger partial charge in [0, 0.05) is 17.8 Å². The van der Waals surface area contributed by atoms with Crippen LogP contribution in [0.15, 0.2) is 72.8 Å². The highest BCUT2D eigenvalue weighted by molar-refractivity contribution is 6.33. The average molecular weight is 510 g/mol. The molecule has 10 heteroatoms. The number of carbonyl (C=O) groups is 4. The van der Waals surface area contributed by atoms with Gasteiger partial charge in [-0.3, -0.25) is 19.2 Å². The van der Waals surface area contributed by atoms with Gasteiger partial charge in [0.25, 0.3) is 17.7 Å². The van der Waals surface area contributed by atoms with Crippen LogP contribution >= 0.6 is 11.6 Å². The first kappa shape index (κ1) is 26.2. The fraction of sp³-hybridized carbons (Fsp3) is 0.154. The van der Waals surface area contributed by atoms with Crippen LogP contribution in [0.1, 0.15) is 27.1 Å². The molecule has 0 saturated heterocycles. The highest BCUT2D eigenvalue weighted by Crippen LogP contribution is 2.24. The standard InChI is InChI=1S/C26H24ClN3O6/c1-35-22-9-5-4-8-21(22)30-25(33)17-10-12-18(13-11-17)29-23(31)16-36-24(32)14-15-28-26(34)19-6-2-3-7-20(19)27/h2-13H,14-16H2,1H3,(H,28,34)(H,29,31)(H,30,33). The lowest BCUT2D eigenvalue weighted by Crippen LogP contribution is -2.28. The van der Waals surface area contributed by atoms with Gasteiger partial charge in [0.2, 0.25) is 0 Å². The molecule has 3 rings (SSSR count). The molecule has 0 spiro atoms. The van der Waals surface area contributed by atoms with E-state index in [1.54, 1.807) is 72.8 Å². The third-order valence-corrected chi connectivity index (χ3v) is 5.21. The smallest absolute Gasteiger partial charge is 0.308 e. The van der Waals surface area contributed by atoms with Gasteiger partial charge in [-0.25, -0.2) is 0 Å². The minimum atomic E-state index is -0.645. The number of carbonyl (C=O) groups excluding carboxylic acids is 4. The van der Waals surface area contributed by atoms with Crippen molar-refractivity contribution in [3.05, 3.63) is 88.9 Å². The fourth-order valence-corrected chi connectivity index (χ4v) is 3.30. The zero-order valence-electron chi connectivity index (χ0n) is 19.4. The molecule has 3 N–H and O–H groups in total. The lowest BCUT2D eigenvalue weighted by atomic mass is 10.2. The molecule has 0 atom stereocenters. The largest absolute Gasteiger partial charge is 0.495 e. The lowest BCUT2D eigenvalue weighted by molar-refractivity contribution is -0.147. The third-order valence-electron chi connectivity index (χ3n) is 4.88. The summed E-state index contributed by atoms with van der Waals surface area (Å²) in [5.74, 6) is -1.41. The normalized spacial score (nSPS) is 10.2. The number of amides is 3. The van der Waals surface area contributed by atoms with Crippen molar-refractivity contribution in [1.29, 1.82) is 0 Å². The van der Waals surface area contributed by atoms with E-state index in [2.05, 4.69) is 16.0 Å². The van der Waals surface area contributed by atoms with Crippen molar-refractivity contribution in [2.45, 2.75) is 6.42 Å². The minimum Gasteiger partial charge on any atom is -0.495 e. The lowest BCUT2D eigenvalue weighted by Gasteiger charge is -2.10. The van der Waals surface area contributed by atoms with Gasteiger partial charge in [-0.1, -0.05) is 35.9 Å². The van der Waals surface area contributed by atoms with Crippen molar-refractivity contribution in [3.8, 4) is 5.75 Å². The number of methoxy groups -OCH3 is 1. The summed E-state index contributed by atoms with van der Waals surface area (Å²) >= 11 is 5.96. The maximum Gasteiger partial charge on any atom is 0.308 e. The van der Waals surface area contributed by atoms with Gasteiger partial charge in [-0.2, -0.15) is 0 Å². The zero-order valence-corrected chi connectivity index (χ0v) is 20.1. The van der Waals surface area contributed by atoms with Crippen LogP contribution in [-0.4, -0.2) is 44.0 Å². The monoisotopic (exact) mass is 509 g/mol. The van der Waals surface area contributed by atoms with Crippen molar-refractivity contribution in [3.63, 3.8) is 0 Å². The molecule has 0 radical (unpaired) electrons. The summed E-state index contributed by atoms with van der Waals surface area (Å²) in [6.45, 7) is -0.462. The van der Waals surface area contributed by atoms with Crippen LogP contribution in [0.2, 0.25) is 5.02 Å². The van der Waals surface area contributed by atoms with Crippen LogP contribution in [0.4, 0.5) is 11.4 Å². The predicted molar refractivity (Wildman–Crippen MR) is 135 cm³/mol. The molecular formula is C26H24ClN3O6. The quantitative estimate of drug-likeness (QED) is 0.356. The summed E-state index contributed by atoms with van der Waals surface area (Å²) in [7, 11) is 1.51. The number of hydrogen-bond acceptors (Lipinski definition) is 6. The first-order valence-corrected chi connectivity index (χ1v) is 11.3. The van der Waals surface area contributed by atoms with Gasteiger partial charge in [0.15, 0.2) is 6.61 Å². The van der Waals surface area contributed by atoms with Gasteiger partial charge in [0.05, 0.1) is 29.8 Å². The predicted octanol–water partition coefficient (Wildman–Crippen LogP) is 3.90. The molecule has 36 heavy (non-hydrogen) atoms. The molecule has 0 aromatic heterocycles. The fourth-order valence-electron chi connectivity index (χ4n) is 3.08. The molecule has 3 aromatic carbocycles. The van der Waals surface area contributed by atoms with E-state index < -0.39 is 24.4 Å². The first-order chi connectivity index (χ1) is 17.4. The highest BCUT2D eigenvalue weighted by Gasteiger charge is 2.13. The Balaban J connectivity index is 1.40. The molecule has 0 unspecified atom stereocenters. The Morgan fingerprint density at radius 2 is 1.53 bits per heavy atom. The van der Waals surface area contributed by atoms with Gasteiger partial charge in [-0.05, 0) is 48.5 Å². The van der Waals surface area contributed by atoms with Crippen LogP contribution < -0.4 is 20.7 Å². The van der Waals surface area contributed by atoms with Gasteiger partial charge in [-0.15, -0.1) is 0 Å². The number of benzene rings is 3. The molecule has 0 aliphatic rings. The molecule has 0 fully saturated rings. The van der Waals surface area contributed by atoms with Gasteiger partial charge < -0.3 is 25.4 Å². The maximum absolute atomic E-state index is 12.5. The van der Waals surface area contributed by atoms with Crippen molar-refractivity contribution in [2.24, 2.45) is 0 Å². The van der Waals surface area contributed by atoms with E-state index in [1.165, 1.54) is 7.11 Å². The van der Waals surface area contributed by atoms with Crippen molar-refractivity contribution in [1.82, 2.24) is 5.32 Å². The minimum absolute atomic E-state index is 0.0306. The topological polar surface area (TPSA) is 123 Å². The molecule has 3 aromatic rings. The number of nitrogens with one attached hydrogen (secondary N) is 3. The van der Waals surface area contributed by atoms with E-state index in [0.29, 0.717) is 33.3 Å². The van der Waals surface area contributed by atoms with Crippen LogP contribution in [0.25, 0.3) is 0 Å². The zero-order chi connectivity index (χ0) is 25.9. The molecule has 186 valence electrons. The van der Waals surface area contributed by atoms with Crippen molar-refractivity contribution in [2.75, 3.05) is 30.9 Å². The highest BCUT2D eigenvalue weighted by atomic mass is 35.5. The summed E-state index contributed by atoms with van der Waals surface area (Å²) in [4.78, 5) is 48.5. The van der Waals surface area contributed by atoms with Gasteiger partial charge in [0.1, 0.15) is 5.75 Å². The number of anilines is 2. The molecule has 0 heterocycles. The Labute approximate surface area is 212 Å². The molecule has 9 nitrogen and oxygen atoms in total. The van der Waals surface area contributed by atoms with E-state index in [4.69, 9.17) is 21.1 Å². The van der Waals surface area contributed by atoms with Crippen molar-refractivity contribution >= 4 is 46.7 Å². The second-order valence-electron chi connectivity index (χ2n) is 7.43. The molecular weight excluding hydrogens is 486 g/mol. The molecule has 0 aliphatic carbocycles. The van der Waals surface area contributed by atoms with Gasteiger partial charge >= 0.3 is 5.97 Å². The molecule has 3 amide bonds. The first-order valence-electron chi connectivity index (χ1n) is 10.9. The third kappa shape index (κ3) is 7.57. The molecule has 0 aliphatic heterocycles. The number of para-hydroxylation sites is 2. The second kappa shape index (κ2) is 12.9. The molecule has 0 bridgehead atoms.